The summed E-state index contributed by atoms with van der Waals surface area (Å²) in [5, 5.41) is 21.9. The van der Waals surface area contributed by atoms with Gasteiger partial charge in [0.25, 0.3) is 0 Å². The number of rotatable bonds is 4. The van der Waals surface area contributed by atoms with Crippen molar-refractivity contribution in [1.29, 1.82) is 0 Å². The zero-order valence-corrected chi connectivity index (χ0v) is 20.5. The Morgan fingerprint density at radius 3 is 2.45 bits per heavy atom. The summed E-state index contributed by atoms with van der Waals surface area (Å²) in [6, 6.07) is 0. The Kier molecular flexibility index (Phi) is 5.13. The molecule has 2 saturated carbocycles. The molecule has 0 aromatic carbocycles. The number of hydrogen-bond acceptors (Lipinski definition) is 3. The molecule has 1 heterocycles. The van der Waals surface area contributed by atoms with Crippen LogP contribution in [0.4, 0.5) is 0 Å². The van der Waals surface area contributed by atoms with Crippen LogP contribution < -0.4 is 0 Å². The van der Waals surface area contributed by atoms with Crippen molar-refractivity contribution in [2.75, 3.05) is 0 Å². The standard InChI is InChI=1S/C28H44O3/c1-16(2)17(3)7-8-18(4)20-9-10-21-23-22(12-13-26(20,21)5)27(6)14-11-19(29)15-28(27)25(31-28)24(23)30/h7-8,16-21,24-25,29-30H,9-15H2,1-6H3/b8-7+/t17-,18+,19-,20+,21+,24-,25-,26+,27+,28-/m0/s1. The van der Waals surface area contributed by atoms with E-state index in [0.717, 1.165) is 19.3 Å². The Morgan fingerprint density at radius 1 is 1.00 bits per heavy atom. The monoisotopic (exact) mass is 428 g/mol. The second-order valence-electron chi connectivity index (χ2n) is 12.6. The molecular formula is C28H44O3. The zero-order chi connectivity index (χ0) is 22.3. The second kappa shape index (κ2) is 7.18. The van der Waals surface area contributed by atoms with Crippen molar-refractivity contribution in [3.63, 3.8) is 0 Å². The molecule has 0 radical (unpaired) electrons. The van der Waals surface area contributed by atoms with Gasteiger partial charge >= 0.3 is 0 Å². The molecule has 31 heavy (non-hydrogen) atoms. The van der Waals surface area contributed by atoms with Gasteiger partial charge in [-0.3, -0.25) is 0 Å². The van der Waals surface area contributed by atoms with Crippen molar-refractivity contribution in [1.82, 2.24) is 0 Å². The van der Waals surface area contributed by atoms with Gasteiger partial charge in [0.05, 0.1) is 6.10 Å². The van der Waals surface area contributed by atoms with Crippen LogP contribution in [0.2, 0.25) is 0 Å². The van der Waals surface area contributed by atoms with E-state index in [-0.39, 0.29) is 28.6 Å². The van der Waals surface area contributed by atoms with E-state index in [1.165, 1.54) is 30.4 Å². The van der Waals surface area contributed by atoms with E-state index in [0.29, 0.717) is 36.0 Å². The molecule has 10 atom stereocenters. The van der Waals surface area contributed by atoms with Crippen molar-refractivity contribution in [3.05, 3.63) is 23.3 Å². The Bertz CT molecular complexity index is 798. The fourth-order valence-corrected chi connectivity index (χ4v) is 8.47. The number of epoxide rings is 1. The van der Waals surface area contributed by atoms with Crippen molar-refractivity contribution >= 4 is 0 Å². The lowest BCUT2D eigenvalue weighted by Gasteiger charge is -2.54. The van der Waals surface area contributed by atoms with Crippen LogP contribution in [0.3, 0.4) is 0 Å². The Balaban J connectivity index is 1.45. The Labute approximate surface area is 189 Å². The highest BCUT2D eigenvalue weighted by atomic mass is 16.6. The second-order valence-corrected chi connectivity index (χ2v) is 12.6. The van der Waals surface area contributed by atoms with Gasteiger partial charge in [-0.25, -0.2) is 0 Å². The summed E-state index contributed by atoms with van der Waals surface area (Å²) in [5.74, 6) is 3.05. The Morgan fingerprint density at radius 2 is 1.74 bits per heavy atom. The van der Waals surface area contributed by atoms with Crippen LogP contribution in [0.5, 0.6) is 0 Å². The van der Waals surface area contributed by atoms with Gasteiger partial charge in [0.15, 0.2) is 0 Å². The minimum atomic E-state index is -0.469. The lowest BCUT2D eigenvalue weighted by molar-refractivity contribution is -0.000636. The lowest BCUT2D eigenvalue weighted by Crippen LogP contribution is -2.55. The van der Waals surface area contributed by atoms with Gasteiger partial charge in [-0.1, -0.05) is 59.3 Å². The summed E-state index contributed by atoms with van der Waals surface area (Å²) in [5.41, 5.74) is 2.84. The number of aliphatic hydroxyl groups excluding tert-OH is 2. The van der Waals surface area contributed by atoms with E-state index in [9.17, 15) is 10.2 Å². The maximum Gasteiger partial charge on any atom is 0.118 e. The van der Waals surface area contributed by atoms with Gasteiger partial charge in [-0.15, -0.1) is 0 Å². The fraction of sp³-hybridized carbons (Fsp3) is 0.857. The zero-order valence-electron chi connectivity index (χ0n) is 20.5. The van der Waals surface area contributed by atoms with E-state index in [1.807, 2.05) is 0 Å². The summed E-state index contributed by atoms with van der Waals surface area (Å²) in [6.07, 6.45) is 11.4. The minimum absolute atomic E-state index is 0.00307. The Hall–Kier alpha value is -0.640. The molecule has 3 nitrogen and oxygen atoms in total. The third-order valence-corrected chi connectivity index (χ3v) is 10.9. The highest BCUT2D eigenvalue weighted by Crippen LogP contribution is 2.72. The maximum absolute atomic E-state index is 11.5. The normalized spacial score (nSPS) is 50.7. The first-order chi connectivity index (χ1) is 14.5. The first kappa shape index (κ1) is 22.2. The van der Waals surface area contributed by atoms with Crippen LogP contribution in [0.1, 0.15) is 86.5 Å². The van der Waals surface area contributed by atoms with E-state index >= 15 is 0 Å². The largest absolute Gasteiger partial charge is 0.393 e. The fourth-order valence-electron chi connectivity index (χ4n) is 8.47. The SMILES string of the molecule is CC(C)[C@@H](C)/C=C/[C@@H](C)[C@H]1CC[C@@H]2C3=C(CC[C@@]21C)[C@@]1(C)CC[C@H](O)C[C@@]12O[C@H]2[C@H]3O. The smallest absolute Gasteiger partial charge is 0.118 e. The summed E-state index contributed by atoms with van der Waals surface area (Å²) >= 11 is 0. The third kappa shape index (κ3) is 2.95. The molecule has 0 bridgehead atoms. The molecule has 174 valence electrons. The van der Waals surface area contributed by atoms with Gasteiger partial charge in [0, 0.05) is 11.8 Å². The molecule has 0 aromatic rings. The molecule has 0 unspecified atom stereocenters. The summed E-state index contributed by atoms with van der Waals surface area (Å²) in [7, 11) is 0. The molecule has 0 aromatic heterocycles. The van der Waals surface area contributed by atoms with Crippen LogP contribution in [0, 0.1) is 40.4 Å². The summed E-state index contributed by atoms with van der Waals surface area (Å²) < 4.78 is 6.33. The molecule has 1 spiro atoms. The van der Waals surface area contributed by atoms with Crippen LogP contribution in [0.15, 0.2) is 23.3 Å². The van der Waals surface area contributed by atoms with Crippen LogP contribution in [-0.4, -0.2) is 34.1 Å². The molecular weight excluding hydrogens is 384 g/mol. The molecule has 1 saturated heterocycles. The lowest BCUT2D eigenvalue weighted by atomic mass is 9.50. The molecule has 1 aliphatic heterocycles. The van der Waals surface area contributed by atoms with Gasteiger partial charge < -0.3 is 14.9 Å². The topological polar surface area (TPSA) is 53.0 Å². The van der Waals surface area contributed by atoms with Crippen molar-refractivity contribution < 1.29 is 14.9 Å². The van der Waals surface area contributed by atoms with Crippen molar-refractivity contribution in [2.45, 2.75) is 110 Å². The number of aliphatic hydroxyl groups is 2. The van der Waals surface area contributed by atoms with E-state index in [2.05, 4.69) is 53.7 Å². The number of hydrogen-bond donors (Lipinski definition) is 2. The van der Waals surface area contributed by atoms with E-state index in [1.54, 1.807) is 0 Å². The van der Waals surface area contributed by atoms with Crippen molar-refractivity contribution in [2.24, 2.45) is 40.4 Å². The van der Waals surface area contributed by atoms with Crippen LogP contribution in [-0.2, 0) is 4.74 Å². The molecule has 2 N–H and O–H groups in total. The predicted octanol–water partition coefficient (Wildman–Crippen LogP) is 5.66. The van der Waals surface area contributed by atoms with Crippen LogP contribution in [0.25, 0.3) is 0 Å². The average molecular weight is 429 g/mol. The maximum atomic E-state index is 11.5. The molecule has 4 aliphatic carbocycles. The van der Waals surface area contributed by atoms with Gasteiger partial charge in [-0.2, -0.15) is 0 Å². The number of ether oxygens (including phenoxy) is 1. The highest BCUT2D eigenvalue weighted by Gasteiger charge is 2.76. The quantitative estimate of drug-likeness (QED) is 0.449. The first-order valence-electron chi connectivity index (χ1n) is 13.0. The molecule has 3 heteroatoms. The number of fused-ring (bicyclic) bond motifs is 3. The molecule has 5 rings (SSSR count). The van der Waals surface area contributed by atoms with E-state index < -0.39 is 6.10 Å². The first-order valence-corrected chi connectivity index (χ1v) is 13.0. The van der Waals surface area contributed by atoms with Gasteiger partial charge in [-0.05, 0) is 79.1 Å². The van der Waals surface area contributed by atoms with Crippen molar-refractivity contribution in [3.8, 4) is 0 Å². The third-order valence-electron chi connectivity index (χ3n) is 10.9. The molecule has 5 aliphatic rings. The van der Waals surface area contributed by atoms with Gasteiger partial charge in [0.2, 0.25) is 0 Å². The minimum Gasteiger partial charge on any atom is -0.393 e. The van der Waals surface area contributed by atoms with Gasteiger partial charge in [0.1, 0.15) is 17.8 Å². The molecule has 0 amide bonds. The highest BCUT2D eigenvalue weighted by molar-refractivity contribution is 5.45. The van der Waals surface area contributed by atoms with E-state index in [4.69, 9.17) is 4.74 Å². The average Bonchev–Trinajstić information content (AvgIpc) is 3.34. The number of allylic oxidation sites excluding steroid dienone is 2. The van der Waals surface area contributed by atoms with Crippen LogP contribution >= 0.6 is 0 Å². The predicted molar refractivity (Wildman–Crippen MR) is 124 cm³/mol. The summed E-state index contributed by atoms with van der Waals surface area (Å²) in [6.45, 7) is 14.3. The summed E-state index contributed by atoms with van der Waals surface area (Å²) in [4.78, 5) is 0. The molecule has 3 fully saturated rings.